The maximum absolute atomic E-state index is 12.8. The molecule has 31 heavy (non-hydrogen) atoms. The van der Waals surface area contributed by atoms with Crippen LogP contribution in [0.4, 0.5) is 0 Å². The summed E-state index contributed by atoms with van der Waals surface area (Å²) in [5.74, 6) is -0.124. The van der Waals surface area contributed by atoms with E-state index >= 15 is 0 Å². The number of Topliss-reactive ketones (excluding diaryl/α,β-unsaturated/α-hetero) is 1. The van der Waals surface area contributed by atoms with Gasteiger partial charge in [0.05, 0.1) is 0 Å². The molecule has 0 saturated heterocycles. The third kappa shape index (κ3) is 8.43. The summed E-state index contributed by atoms with van der Waals surface area (Å²) in [7, 11) is 0. The number of nitrogens with one attached hydrogen (secondary N) is 1. The van der Waals surface area contributed by atoms with Gasteiger partial charge in [0.2, 0.25) is 5.91 Å². The average molecular weight is 426 g/mol. The summed E-state index contributed by atoms with van der Waals surface area (Å²) in [5.41, 5.74) is 1.18. The Hall–Kier alpha value is -2.23. The quantitative estimate of drug-likeness (QED) is 0.349. The summed E-state index contributed by atoms with van der Waals surface area (Å²) in [6.07, 6.45) is 13.6. The van der Waals surface area contributed by atoms with E-state index in [1.54, 1.807) is 24.3 Å². The number of unbranched alkanes of at least 4 members (excludes halogenated alkanes) is 8. The minimum absolute atomic E-state index is 0.0707. The van der Waals surface area contributed by atoms with Crippen molar-refractivity contribution in [2.45, 2.75) is 91.4 Å². The molecule has 0 atom stereocenters. The Bertz CT molecular complexity index is 791. The predicted octanol–water partition coefficient (Wildman–Crippen LogP) is 6.45. The first-order chi connectivity index (χ1) is 14.8. The average Bonchev–Trinajstić information content (AvgIpc) is 2.74. The molecule has 0 aliphatic heterocycles. The fourth-order valence-corrected chi connectivity index (χ4v) is 4.10. The van der Waals surface area contributed by atoms with Gasteiger partial charge >= 0.3 is 0 Å². The molecule has 1 aromatic rings. The number of amides is 1. The van der Waals surface area contributed by atoms with Crippen molar-refractivity contribution in [1.29, 1.82) is 0 Å². The molecule has 2 rings (SSSR count). The van der Waals surface area contributed by atoms with Crippen LogP contribution in [0, 0.1) is 5.41 Å². The van der Waals surface area contributed by atoms with Gasteiger partial charge in [-0.15, -0.1) is 0 Å². The molecule has 1 aliphatic rings. The summed E-state index contributed by atoms with van der Waals surface area (Å²) in [6.45, 7) is 6.76. The molecule has 1 aromatic carbocycles. The van der Waals surface area contributed by atoms with Gasteiger partial charge in [-0.1, -0.05) is 96.4 Å². The van der Waals surface area contributed by atoms with Crippen molar-refractivity contribution in [3.05, 3.63) is 47.0 Å². The monoisotopic (exact) mass is 425 g/mol. The molecule has 0 saturated carbocycles. The van der Waals surface area contributed by atoms with Crippen molar-refractivity contribution in [2.75, 3.05) is 6.54 Å². The number of benzene rings is 1. The van der Waals surface area contributed by atoms with Gasteiger partial charge < -0.3 is 5.32 Å². The Balaban J connectivity index is 1.68. The highest BCUT2D eigenvalue weighted by molar-refractivity contribution is 6.24. The van der Waals surface area contributed by atoms with Crippen molar-refractivity contribution in [2.24, 2.45) is 5.41 Å². The molecule has 1 amide bonds. The van der Waals surface area contributed by atoms with Crippen LogP contribution in [0.1, 0.15) is 112 Å². The maximum atomic E-state index is 12.8. The summed E-state index contributed by atoms with van der Waals surface area (Å²) < 4.78 is 0. The number of fused-ring (bicyclic) bond motifs is 1. The Labute approximate surface area is 187 Å². The van der Waals surface area contributed by atoms with Gasteiger partial charge in [0.1, 0.15) is 0 Å². The van der Waals surface area contributed by atoms with Crippen molar-refractivity contribution in [1.82, 2.24) is 5.32 Å². The molecule has 0 radical (unpaired) electrons. The molecular weight excluding hydrogens is 386 g/mol. The van der Waals surface area contributed by atoms with E-state index in [0.29, 0.717) is 36.1 Å². The molecule has 1 N–H and O–H groups in total. The lowest BCUT2D eigenvalue weighted by Gasteiger charge is -2.27. The van der Waals surface area contributed by atoms with Crippen LogP contribution < -0.4 is 5.32 Å². The minimum atomic E-state index is -0.303. The molecule has 4 heteroatoms. The highest BCUT2D eigenvalue weighted by Crippen LogP contribution is 2.30. The van der Waals surface area contributed by atoms with Crippen LogP contribution in [0.25, 0.3) is 0 Å². The number of ketones is 2. The SMILES string of the molecule is CCCCCCCCCCCC(=O)NCC(C)(C)CC1=CC(=O)c2ccccc2C1=O. The highest BCUT2D eigenvalue weighted by Gasteiger charge is 2.29. The van der Waals surface area contributed by atoms with Crippen LogP contribution in [0.2, 0.25) is 0 Å². The van der Waals surface area contributed by atoms with E-state index in [1.165, 1.54) is 51.0 Å². The van der Waals surface area contributed by atoms with E-state index in [-0.39, 0.29) is 22.9 Å². The largest absolute Gasteiger partial charge is 0.356 e. The number of allylic oxidation sites excluding steroid dienone is 2. The van der Waals surface area contributed by atoms with Gasteiger partial charge in [-0.25, -0.2) is 0 Å². The molecule has 1 aliphatic carbocycles. The zero-order valence-electron chi connectivity index (χ0n) is 19.6. The Kier molecular flexibility index (Phi) is 10.2. The molecule has 0 spiro atoms. The zero-order chi connectivity index (χ0) is 22.7. The highest BCUT2D eigenvalue weighted by atomic mass is 16.2. The standard InChI is InChI=1S/C27H39NO3/c1-4-5-6-7-8-9-10-11-12-17-25(30)28-20-27(2,3)19-21-18-24(29)22-15-13-14-16-23(22)26(21)31/h13-16,18H,4-12,17,19-20H2,1-3H3,(H,28,30). The fraction of sp³-hybridized carbons (Fsp3) is 0.593. The van der Waals surface area contributed by atoms with E-state index in [4.69, 9.17) is 0 Å². The molecule has 0 heterocycles. The molecule has 170 valence electrons. The molecule has 0 bridgehead atoms. The van der Waals surface area contributed by atoms with Crippen molar-refractivity contribution < 1.29 is 14.4 Å². The summed E-state index contributed by atoms with van der Waals surface area (Å²) in [4.78, 5) is 37.3. The van der Waals surface area contributed by atoms with E-state index in [9.17, 15) is 14.4 Å². The van der Waals surface area contributed by atoms with Crippen LogP contribution in [-0.2, 0) is 4.79 Å². The second-order valence-corrected chi connectivity index (χ2v) is 9.60. The summed E-state index contributed by atoms with van der Waals surface area (Å²) >= 11 is 0. The summed E-state index contributed by atoms with van der Waals surface area (Å²) in [5, 5.41) is 3.02. The lowest BCUT2D eigenvalue weighted by atomic mass is 9.79. The fourth-order valence-electron chi connectivity index (χ4n) is 4.10. The maximum Gasteiger partial charge on any atom is 0.220 e. The Morgan fingerprint density at radius 2 is 1.45 bits per heavy atom. The molecule has 4 nitrogen and oxygen atoms in total. The van der Waals surface area contributed by atoms with Gasteiger partial charge in [-0.2, -0.15) is 0 Å². The number of hydrogen-bond acceptors (Lipinski definition) is 3. The topological polar surface area (TPSA) is 63.2 Å². The second kappa shape index (κ2) is 12.6. The first-order valence-corrected chi connectivity index (χ1v) is 12.0. The van der Waals surface area contributed by atoms with E-state index in [0.717, 1.165) is 12.8 Å². The van der Waals surface area contributed by atoms with Gasteiger partial charge in [-0.3, -0.25) is 14.4 Å². The summed E-state index contributed by atoms with van der Waals surface area (Å²) in [6, 6.07) is 6.96. The lowest BCUT2D eigenvalue weighted by Crippen LogP contribution is -2.35. The number of carbonyl (C=O) groups is 3. The predicted molar refractivity (Wildman–Crippen MR) is 126 cm³/mol. The van der Waals surface area contributed by atoms with E-state index < -0.39 is 0 Å². The molecule has 0 aromatic heterocycles. The third-order valence-electron chi connectivity index (χ3n) is 5.97. The van der Waals surface area contributed by atoms with Crippen molar-refractivity contribution in [3.63, 3.8) is 0 Å². The number of carbonyl (C=O) groups excluding carboxylic acids is 3. The van der Waals surface area contributed by atoms with E-state index in [1.807, 2.05) is 13.8 Å². The van der Waals surface area contributed by atoms with Gasteiger partial charge in [-0.05, 0) is 24.3 Å². The zero-order valence-corrected chi connectivity index (χ0v) is 19.6. The molecule has 0 fully saturated rings. The van der Waals surface area contributed by atoms with Gasteiger partial charge in [0, 0.05) is 29.7 Å². The van der Waals surface area contributed by atoms with Gasteiger partial charge in [0.15, 0.2) is 11.6 Å². The van der Waals surface area contributed by atoms with Crippen LogP contribution >= 0.6 is 0 Å². The number of rotatable bonds is 14. The van der Waals surface area contributed by atoms with Crippen LogP contribution in [0.3, 0.4) is 0 Å². The van der Waals surface area contributed by atoms with Crippen LogP contribution in [-0.4, -0.2) is 24.0 Å². The first-order valence-electron chi connectivity index (χ1n) is 12.0. The van der Waals surface area contributed by atoms with Crippen molar-refractivity contribution in [3.8, 4) is 0 Å². The smallest absolute Gasteiger partial charge is 0.220 e. The Morgan fingerprint density at radius 1 is 0.871 bits per heavy atom. The van der Waals surface area contributed by atoms with E-state index in [2.05, 4.69) is 12.2 Å². The van der Waals surface area contributed by atoms with Crippen molar-refractivity contribution >= 4 is 17.5 Å². The minimum Gasteiger partial charge on any atom is -0.356 e. The first kappa shape index (κ1) is 25.0. The lowest BCUT2D eigenvalue weighted by molar-refractivity contribution is -0.121. The van der Waals surface area contributed by atoms with Crippen LogP contribution in [0.15, 0.2) is 35.9 Å². The third-order valence-corrected chi connectivity index (χ3v) is 5.97. The van der Waals surface area contributed by atoms with Gasteiger partial charge in [0.25, 0.3) is 0 Å². The van der Waals surface area contributed by atoms with Crippen LogP contribution in [0.5, 0.6) is 0 Å². The second-order valence-electron chi connectivity index (χ2n) is 9.60. The Morgan fingerprint density at radius 3 is 2.10 bits per heavy atom. The molecule has 0 unspecified atom stereocenters. The number of hydrogen-bond donors (Lipinski definition) is 1. The normalized spacial score (nSPS) is 13.7. The molecular formula is C27H39NO3.